The Labute approximate surface area is 165 Å². The molecular weight excluding hydrogens is 354 g/mol. The minimum atomic E-state index is -0.288. The highest BCUT2D eigenvalue weighted by Crippen LogP contribution is 2.16. The van der Waals surface area contributed by atoms with Crippen molar-refractivity contribution in [1.29, 1.82) is 0 Å². The quantitative estimate of drug-likeness (QED) is 0.712. The first kappa shape index (κ1) is 19.7. The van der Waals surface area contributed by atoms with Gasteiger partial charge in [0.2, 0.25) is 0 Å². The normalized spacial score (nSPS) is 14.5. The highest BCUT2D eigenvalue weighted by Gasteiger charge is 2.19. The van der Waals surface area contributed by atoms with Gasteiger partial charge >= 0.3 is 6.03 Å². The highest BCUT2D eigenvalue weighted by molar-refractivity contribution is 5.97. The van der Waals surface area contributed by atoms with Crippen molar-refractivity contribution in [3.8, 4) is 5.75 Å². The number of likely N-dealkylation sites (tertiary alicyclic amines) is 1. The van der Waals surface area contributed by atoms with Crippen molar-refractivity contribution in [2.45, 2.75) is 38.6 Å². The van der Waals surface area contributed by atoms with Gasteiger partial charge in [0, 0.05) is 30.4 Å². The zero-order chi connectivity index (χ0) is 19.9. The van der Waals surface area contributed by atoms with Gasteiger partial charge in [-0.15, -0.1) is 0 Å². The first-order chi connectivity index (χ1) is 13.5. The summed E-state index contributed by atoms with van der Waals surface area (Å²) in [4.78, 5) is 26.6. The largest absolute Gasteiger partial charge is 0.508 e. The number of hydrogen-bond acceptors (Lipinski definition) is 3. The molecule has 0 aliphatic carbocycles. The molecule has 3 N–H and O–H groups in total. The molecule has 2 aromatic carbocycles. The van der Waals surface area contributed by atoms with E-state index in [1.807, 2.05) is 24.0 Å². The molecule has 1 aliphatic heterocycles. The number of carbonyl (C=O) groups is 2. The standard InChI is InChI=1S/C22H27N3O3/c1-16(7-8-17-9-11-20(26)12-10-17)23-22(28)24-19-6-4-5-18(15-19)21(27)25-13-2-3-14-25/h4-6,9-12,15-16,26H,2-3,7-8,13-14H2,1H3,(H2,23,24,28)/t16-/m0/s1. The van der Waals surface area contributed by atoms with E-state index in [-0.39, 0.29) is 23.7 Å². The lowest BCUT2D eigenvalue weighted by Crippen LogP contribution is -2.36. The minimum Gasteiger partial charge on any atom is -0.508 e. The van der Waals surface area contributed by atoms with Crippen LogP contribution >= 0.6 is 0 Å². The van der Waals surface area contributed by atoms with E-state index in [4.69, 9.17) is 0 Å². The summed E-state index contributed by atoms with van der Waals surface area (Å²) in [5.41, 5.74) is 2.31. The molecule has 0 unspecified atom stereocenters. The summed E-state index contributed by atoms with van der Waals surface area (Å²) in [6.07, 6.45) is 3.69. The van der Waals surface area contributed by atoms with Gasteiger partial charge in [0.1, 0.15) is 5.75 Å². The predicted octanol–water partition coefficient (Wildman–Crippen LogP) is 3.77. The molecule has 1 atom stereocenters. The van der Waals surface area contributed by atoms with Crippen LogP contribution in [0.25, 0.3) is 0 Å². The number of carbonyl (C=O) groups excluding carboxylic acids is 2. The van der Waals surface area contributed by atoms with E-state index in [0.717, 1.165) is 44.3 Å². The Hall–Kier alpha value is -3.02. The Balaban J connectivity index is 1.49. The van der Waals surface area contributed by atoms with Crippen molar-refractivity contribution in [2.24, 2.45) is 0 Å². The Bertz CT molecular complexity index is 814. The zero-order valence-electron chi connectivity index (χ0n) is 16.1. The molecule has 1 saturated heterocycles. The van der Waals surface area contributed by atoms with E-state index in [1.165, 1.54) is 0 Å². The maximum Gasteiger partial charge on any atom is 0.319 e. The molecule has 0 spiro atoms. The summed E-state index contributed by atoms with van der Waals surface area (Å²) in [5, 5.41) is 15.0. The maximum atomic E-state index is 12.5. The van der Waals surface area contributed by atoms with Crippen LogP contribution in [0, 0.1) is 0 Å². The van der Waals surface area contributed by atoms with E-state index in [1.54, 1.807) is 36.4 Å². The second kappa shape index (κ2) is 9.26. The van der Waals surface area contributed by atoms with E-state index in [2.05, 4.69) is 10.6 Å². The second-order valence-corrected chi connectivity index (χ2v) is 7.28. The van der Waals surface area contributed by atoms with Gasteiger partial charge < -0.3 is 20.6 Å². The van der Waals surface area contributed by atoms with Gasteiger partial charge in [0.25, 0.3) is 5.91 Å². The molecule has 3 amide bonds. The molecule has 2 aromatic rings. The van der Waals surface area contributed by atoms with Gasteiger partial charge in [0.15, 0.2) is 0 Å². The molecule has 148 valence electrons. The molecule has 3 rings (SSSR count). The van der Waals surface area contributed by atoms with Crippen LogP contribution in [0.15, 0.2) is 48.5 Å². The number of aromatic hydroxyl groups is 1. The van der Waals surface area contributed by atoms with E-state index < -0.39 is 0 Å². The zero-order valence-corrected chi connectivity index (χ0v) is 16.1. The van der Waals surface area contributed by atoms with Crippen LogP contribution in [0.1, 0.15) is 42.1 Å². The first-order valence-corrected chi connectivity index (χ1v) is 9.76. The van der Waals surface area contributed by atoms with Crippen molar-refractivity contribution in [3.05, 3.63) is 59.7 Å². The summed E-state index contributed by atoms with van der Waals surface area (Å²) in [6, 6.07) is 13.9. The molecule has 1 aliphatic rings. The smallest absolute Gasteiger partial charge is 0.319 e. The van der Waals surface area contributed by atoms with Gasteiger partial charge in [-0.2, -0.15) is 0 Å². The Morgan fingerprint density at radius 1 is 1.11 bits per heavy atom. The van der Waals surface area contributed by atoms with Crippen LogP contribution in [-0.4, -0.2) is 41.1 Å². The number of rotatable bonds is 6. The van der Waals surface area contributed by atoms with Gasteiger partial charge in [-0.25, -0.2) is 4.79 Å². The number of amides is 3. The van der Waals surface area contributed by atoms with Gasteiger partial charge in [-0.05, 0) is 68.5 Å². The summed E-state index contributed by atoms with van der Waals surface area (Å²) in [7, 11) is 0. The molecular formula is C22H27N3O3. The van der Waals surface area contributed by atoms with Crippen molar-refractivity contribution in [3.63, 3.8) is 0 Å². The van der Waals surface area contributed by atoms with E-state index >= 15 is 0 Å². The molecule has 1 fully saturated rings. The number of anilines is 1. The van der Waals surface area contributed by atoms with Gasteiger partial charge in [0.05, 0.1) is 0 Å². The van der Waals surface area contributed by atoms with Crippen molar-refractivity contribution < 1.29 is 14.7 Å². The minimum absolute atomic E-state index is 0.0109. The number of urea groups is 1. The van der Waals surface area contributed by atoms with Crippen LogP contribution in [-0.2, 0) is 6.42 Å². The third kappa shape index (κ3) is 5.49. The Morgan fingerprint density at radius 3 is 2.54 bits per heavy atom. The Kier molecular flexibility index (Phi) is 6.53. The third-order valence-electron chi connectivity index (χ3n) is 4.94. The lowest BCUT2D eigenvalue weighted by Gasteiger charge is -2.17. The summed E-state index contributed by atoms with van der Waals surface area (Å²) < 4.78 is 0. The van der Waals surface area contributed by atoms with E-state index in [0.29, 0.717) is 11.3 Å². The molecule has 0 aromatic heterocycles. The van der Waals surface area contributed by atoms with Crippen LogP contribution in [0.5, 0.6) is 5.75 Å². The number of nitrogens with one attached hydrogen (secondary N) is 2. The maximum absolute atomic E-state index is 12.5. The first-order valence-electron chi connectivity index (χ1n) is 9.76. The summed E-state index contributed by atoms with van der Waals surface area (Å²) >= 11 is 0. The number of benzene rings is 2. The monoisotopic (exact) mass is 381 g/mol. The average molecular weight is 381 g/mol. The van der Waals surface area contributed by atoms with Crippen LogP contribution < -0.4 is 10.6 Å². The Morgan fingerprint density at radius 2 is 1.82 bits per heavy atom. The van der Waals surface area contributed by atoms with Crippen LogP contribution in [0.2, 0.25) is 0 Å². The summed E-state index contributed by atoms with van der Waals surface area (Å²) in [5.74, 6) is 0.267. The molecule has 6 heteroatoms. The second-order valence-electron chi connectivity index (χ2n) is 7.28. The fourth-order valence-electron chi connectivity index (χ4n) is 3.34. The van der Waals surface area contributed by atoms with E-state index in [9.17, 15) is 14.7 Å². The SMILES string of the molecule is C[C@@H](CCc1ccc(O)cc1)NC(=O)Nc1cccc(C(=O)N2CCCC2)c1. The number of aryl methyl sites for hydroxylation is 1. The van der Waals surface area contributed by atoms with Crippen molar-refractivity contribution >= 4 is 17.6 Å². The van der Waals surface area contributed by atoms with Crippen LogP contribution in [0.4, 0.5) is 10.5 Å². The topological polar surface area (TPSA) is 81.7 Å². The summed E-state index contributed by atoms with van der Waals surface area (Å²) in [6.45, 7) is 3.55. The van der Waals surface area contributed by atoms with Gasteiger partial charge in [-0.3, -0.25) is 4.79 Å². The number of phenols is 1. The van der Waals surface area contributed by atoms with Crippen molar-refractivity contribution in [2.75, 3.05) is 18.4 Å². The number of nitrogens with zero attached hydrogens (tertiary/aromatic N) is 1. The highest BCUT2D eigenvalue weighted by atomic mass is 16.3. The molecule has 6 nitrogen and oxygen atoms in total. The number of hydrogen-bond donors (Lipinski definition) is 3. The lowest BCUT2D eigenvalue weighted by molar-refractivity contribution is 0.0793. The fraction of sp³-hybridized carbons (Fsp3) is 0.364. The van der Waals surface area contributed by atoms with Gasteiger partial charge in [-0.1, -0.05) is 18.2 Å². The lowest BCUT2D eigenvalue weighted by atomic mass is 10.1. The number of phenolic OH excluding ortho intramolecular Hbond substituents is 1. The third-order valence-corrected chi connectivity index (χ3v) is 4.94. The molecule has 0 bridgehead atoms. The fourth-order valence-corrected chi connectivity index (χ4v) is 3.34. The average Bonchev–Trinajstić information content (AvgIpc) is 3.22. The molecule has 0 radical (unpaired) electrons. The molecule has 28 heavy (non-hydrogen) atoms. The van der Waals surface area contributed by atoms with Crippen LogP contribution in [0.3, 0.4) is 0 Å². The van der Waals surface area contributed by atoms with Crippen molar-refractivity contribution in [1.82, 2.24) is 10.2 Å². The molecule has 1 heterocycles. The molecule has 0 saturated carbocycles. The predicted molar refractivity (Wildman–Crippen MR) is 110 cm³/mol.